The number of nitrogen functional groups attached to an aromatic ring is 1. The average Bonchev–Trinajstić information content (AvgIpc) is 2.98. The van der Waals surface area contributed by atoms with Crippen LogP contribution in [0.4, 0.5) is 28.4 Å². The minimum Gasteiger partial charge on any atom is -0.505 e. The van der Waals surface area contributed by atoms with Crippen molar-refractivity contribution in [2.45, 2.75) is 9.79 Å². The molecule has 266 valence electrons. The van der Waals surface area contributed by atoms with Crippen LogP contribution in [0.1, 0.15) is 20.7 Å². The monoisotopic (exact) mass is 733 g/mol. The summed E-state index contributed by atoms with van der Waals surface area (Å²) in [6.45, 7) is 0. The Morgan fingerprint density at radius 2 is 1.16 bits per heavy atom. The van der Waals surface area contributed by atoms with E-state index < -0.39 is 53.4 Å². The second-order valence-corrected chi connectivity index (χ2v) is 12.4. The number of fused-ring (bicyclic) bond motifs is 2. The summed E-state index contributed by atoms with van der Waals surface area (Å²) < 4.78 is 67.7. The minimum absolute atomic E-state index is 0. The molecule has 0 aliphatic carbocycles. The molecule has 5 rings (SSSR count). The fourth-order valence-electron chi connectivity index (χ4n) is 4.41. The summed E-state index contributed by atoms with van der Waals surface area (Å²) in [4.78, 5) is 21.5. The maximum atomic E-state index is 12.2. The molecule has 0 saturated carbocycles. The number of nitrogens with two attached hydrogens (primary N) is 1. The van der Waals surface area contributed by atoms with Crippen LogP contribution in [0.5, 0.6) is 5.75 Å². The predicted octanol–water partition coefficient (Wildman–Crippen LogP) is 6.65. The normalized spacial score (nSPS) is 11.4. The van der Waals surface area contributed by atoms with Gasteiger partial charge in [0.1, 0.15) is 10.6 Å². The number of hydrogen-bond acceptors (Lipinski definition) is 16. The van der Waals surface area contributed by atoms with Crippen molar-refractivity contribution >= 4 is 82.2 Å². The van der Waals surface area contributed by atoms with Gasteiger partial charge in [0.25, 0.3) is 20.2 Å². The molecule has 22 heteroatoms. The molecule has 0 aromatic heterocycles. The van der Waals surface area contributed by atoms with E-state index in [1.54, 1.807) is 0 Å². The van der Waals surface area contributed by atoms with Crippen molar-refractivity contribution in [2.75, 3.05) is 5.73 Å². The van der Waals surface area contributed by atoms with Crippen molar-refractivity contribution in [2.24, 2.45) is 20.5 Å². The number of carboxylic acids is 2. The third kappa shape index (κ3) is 8.53. The van der Waals surface area contributed by atoms with Crippen LogP contribution in [0.25, 0.3) is 21.5 Å². The Balaban J connectivity index is 0.00000312. The summed E-state index contributed by atoms with van der Waals surface area (Å²) in [5, 5.41) is 45.8. The Hall–Kier alpha value is -5.98. The summed E-state index contributed by atoms with van der Waals surface area (Å²) in [6.07, 6.45) is 0. The lowest BCUT2D eigenvalue weighted by Crippen LogP contribution is -2.01. The lowest BCUT2D eigenvalue weighted by atomic mass is 10.1. The molecule has 0 amide bonds. The number of hydrogen-bond donors (Lipinski definition) is 10. The van der Waals surface area contributed by atoms with E-state index in [1.807, 2.05) is 0 Å². The number of nitrogens with zero attached hydrogens (tertiary/aromatic N) is 4. The third-order valence-electron chi connectivity index (χ3n) is 6.54. The van der Waals surface area contributed by atoms with Crippen molar-refractivity contribution < 1.29 is 50.8 Å². The van der Waals surface area contributed by atoms with Gasteiger partial charge in [0.05, 0.1) is 33.1 Å². The lowest BCUT2D eigenvalue weighted by Gasteiger charge is -2.10. The van der Waals surface area contributed by atoms with Crippen molar-refractivity contribution in [3.8, 4) is 5.75 Å². The fraction of sp³-hybridized carbons (Fsp3) is 0. The predicted molar refractivity (Wildman–Crippen MR) is 182 cm³/mol. The van der Waals surface area contributed by atoms with Gasteiger partial charge in [0.2, 0.25) is 0 Å². The van der Waals surface area contributed by atoms with E-state index in [9.17, 15) is 50.8 Å². The zero-order chi connectivity index (χ0) is 33.6. The molecule has 0 aliphatic heterocycles. The summed E-state index contributed by atoms with van der Waals surface area (Å²) in [5.41, 5.74) is 4.44. The number of benzene rings is 5. The van der Waals surface area contributed by atoms with Crippen LogP contribution in [-0.4, -0.2) is 53.2 Å². The molecule has 0 bridgehead atoms. The van der Waals surface area contributed by atoms with E-state index >= 15 is 0 Å². The molecule has 50 heavy (non-hydrogen) atoms. The maximum absolute atomic E-state index is 12.2. The molecule has 0 atom stereocenters. The van der Waals surface area contributed by atoms with E-state index in [1.165, 1.54) is 36.4 Å². The van der Waals surface area contributed by atoms with Gasteiger partial charge in [-0.05, 0) is 66.0 Å². The molecular weight excluding hydrogens is 702 g/mol. The fourth-order valence-corrected chi connectivity index (χ4v) is 5.58. The number of aromatic hydroxyl groups is 1. The van der Waals surface area contributed by atoms with E-state index in [4.69, 9.17) is 5.73 Å². The van der Waals surface area contributed by atoms with Crippen LogP contribution in [0, 0.1) is 0 Å². The Kier molecular flexibility index (Phi) is 13.0. The molecular formula is C28H31N9O11S2. The number of phenols is 1. The summed E-state index contributed by atoms with van der Waals surface area (Å²) >= 11 is 0. The molecule has 19 N–H and O–H groups in total. The van der Waals surface area contributed by atoms with Crippen molar-refractivity contribution in [3.05, 3.63) is 83.9 Å². The van der Waals surface area contributed by atoms with Crippen LogP contribution in [0.15, 0.2) is 103 Å². The van der Waals surface area contributed by atoms with Gasteiger partial charge in [-0.25, -0.2) is 9.59 Å². The first kappa shape index (κ1) is 42.0. The first-order chi connectivity index (χ1) is 21.5. The SMILES string of the molecule is N.N.N.N.Nc1ccc2cc(S(=O)(=O)O)c(N=Nc3ccc(N=Nc4cc(C(=O)O)cc(C(=O)O)c4)c4ccc(S(=O)(=O)O)cc34)c(O)c2c1. The van der Waals surface area contributed by atoms with E-state index in [2.05, 4.69) is 20.5 Å². The number of carboxylic acid groups (broad SMARTS) is 2. The number of phenolic OH excluding ortho intramolecular Hbond substituents is 1. The second kappa shape index (κ2) is 15.5. The van der Waals surface area contributed by atoms with Crippen LogP contribution < -0.4 is 30.3 Å². The van der Waals surface area contributed by atoms with Gasteiger partial charge in [-0.1, -0.05) is 12.1 Å². The quantitative estimate of drug-likeness (QED) is 0.0453. The Bertz CT molecular complexity index is 2390. The first-order valence-corrected chi connectivity index (χ1v) is 15.4. The smallest absolute Gasteiger partial charge is 0.335 e. The molecule has 0 fully saturated rings. The van der Waals surface area contributed by atoms with Crippen molar-refractivity contribution in [1.82, 2.24) is 24.6 Å². The second-order valence-electron chi connectivity index (χ2n) is 9.59. The van der Waals surface area contributed by atoms with Gasteiger partial charge >= 0.3 is 11.9 Å². The number of anilines is 1. The first-order valence-electron chi connectivity index (χ1n) is 12.5. The van der Waals surface area contributed by atoms with Crippen molar-refractivity contribution in [3.63, 3.8) is 0 Å². The van der Waals surface area contributed by atoms with Crippen LogP contribution in [0.2, 0.25) is 0 Å². The number of rotatable bonds is 8. The summed E-state index contributed by atoms with van der Waals surface area (Å²) in [6, 6.07) is 14.2. The van der Waals surface area contributed by atoms with E-state index in [0.29, 0.717) is 0 Å². The summed E-state index contributed by atoms with van der Waals surface area (Å²) in [7, 11) is -9.68. The van der Waals surface area contributed by atoms with Crippen LogP contribution in [-0.2, 0) is 20.2 Å². The molecule has 0 saturated heterocycles. The van der Waals surface area contributed by atoms with Crippen molar-refractivity contribution in [1.29, 1.82) is 0 Å². The van der Waals surface area contributed by atoms with E-state index in [0.717, 1.165) is 36.4 Å². The molecule has 0 spiro atoms. The topological polar surface area (TPSA) is 419 Å². The van der Waals surface area contributed by atoms with Gasteiger partial charge in [0.15, 0.2) is 5.75 Å². The zero-order valence-electron chi connectivity index (χ0n) is 25.6. The highest BCUT2D eigenvalue weighted by atomic mass is 32.2. The Morgan fingerprint density at radius 3 is 1.70 bits per heavy atom. The number of aromatic carboxylic acids is 2. The number of azo groups is 2. The van der Waals surface area contributed by atoms with Crippen LogP contribution >= 0.6 is 0 Å². The zero-order valence-corrected chi connectivity index (χ0v) is 27.3. The Morgan fingerprint density at radius 1 is 0.600 bits per heavy atom. The van der Waals surface area contributed by atoms with Gasteiger partial charge in [-0.3, -0.25) is 9.11 Å². The highest BCUT2D eigenvalue weighted by Crippen LogP contribution is 2.43. The average molecular weight is 734 g/mol. The highest BCUT2D eigenvalue weighted by molar-refractivity contribution is 7.86. The molecule has 0 unspecified atom stereocenters. The Labute approximate surface area is 282 Å². The van der Waals surface area contributed by atoms with E-state index in [-0.39, 0.29) is 80.0 Å². The minimum atomic E-state index is -4.95. The lowest BCUT2D eigenvalue weighted by molar-refractivity contribution is 0.0696. The maximum Gasteiger partial charge on any atom is 0.335 e. The third-order valence-corrected chi connectivity index (χ3v) is 8.25. The largest absolute Gasteiger partial charge is 0.505 e. The van der Waals surface area contributed by atoms with Gasteiger partial charge in [-0.15, -0.1) is 15.3 Å². The van der Waals surface area contributed by atoms with Gasteiger partial charge in [-0.2, -0.15) is 21.9 Å². The molecule has 0 heterocycles. The van der Waals surface area contributed by atoms with Gasteiger partial charge < -0.3 is 45.7 Å². The number of carbonyl (C=O) groups is 2. The molecule has 0 radical (unpaired) electrons. The molecule has 0 aliphatic rings. The standard InChI is InChI=1S/C28H19N5O11S2.4H3N/c29-16-2-1-13-10-24(46(42,43)44)25(26(34)20(13)11-16)33-32-23-6-5-22(19-4-3-18(12-21(19)23)45(39,40)41)31-30-17-8-14(27(35)36)7-15(9-17)28(37)38;;;;/h1-12,34H,29H2,(H,35,36)(H,37,38)(H,39,40,41)(H,42,43,44);4*1H3. The highest BCUT2D eigenvalue weighted by Gasteiger charge is 2.22. The van der Waals surface area contributed by atoms with Crippen LogP contribution in [0.3, 0.4) is 0 Å². The van der Waals surface area contributed by atoms with Gasteiger partial charge in [0, 0.05) is 21.8 Å². The summed E-state index contributed by atoms with van der Waals surface area (Å²) in [5.74, 6) is -3.50. The molecule has 5 aromatic carbocycles. The molecule has 5 aromatic rings. The molecule has 20 nitrogen and oxygen atoms in total.